The number of fused-ring (bicyclic) bond motifs is 3. The van der Waals surface area contributed by atoms with Crippen LogP contribution in [0.15, 0.2) is 64.9 Å². The fourth-order valence-electron chi connectivity index (χ4n) is 2.72. The normalized spacial score (nSPS) is 11.6. The lowest BCUT2D eigenvalue weighted by atomic mass is 10.0. The van der Waals surface area contributed by atoms with Gasteiger partial charge in [0, 0.05) is 22.7 Å². The first-order valence-corrected chi connectivity index (χ1v) is 8.98. The third-order valence-electron chi connectivity index (χ3n) is 3.86. The number of ether oxygens (including phenoxy) is 1. The molecule has 1 amide bonds. The molecule has 0 spiro atoms. The average molecular weight is 404 g/mol. The lowest BCUT2D eigenvalue weighted by molar-refractivity contribution is -0.0493. The number of hydrogen-bond acceptors (Lipinski definition) is 5. The molecule has 29 heavy (non-hydrogen) atoms. The average Bonchev–Trinajstić information content (AvgIpc) is 3.12. The fraction of sp³-hybridized carbons (Fsp3) is 0.190. The van der Waals surface area contributed by atoms with Crippen LogP contribution in [0.5, 0.6) is 5.75 Å². The smallest absolute Gasteiger partial charge is 0.387 e. The first-order valence-electron chi connectivity index (χ1n) is 8.98. The molecule has 3 aromatic rings. The van der Waals surface area contributed by atoms with Gasteiger partial charge in [-0.3, -0.25) is 15.5 Å². The molecule has 2 aromatic carbocycles. The van der Waals surface area contributed by atoms with Crippen molar-refractivity contribution < 1.29 is 27.9 Å². The summed E-state index contributed by atoms with van der Waals surface area (Å²) < 4.78 is 35.6. The van der Waals surface area contributed by atoms with E-state index in [9.17, 15) is 13.6 Å². The molecule has 0 aliphatic carbocycles. The van der Waals surface area contributed by atoms with Gasteiger partial charge in [0.25, 0.3) is 5.91 Å². The molecular weight excluding hydrogens is 382 g/mol. The van der Waals surface area contributed by atoms with Crippen molar-refractivity contribution >= 4 is 27.8 Å². The Hall–Kier alpha value is -3.39. The number of carbonyl (C=O) groups is 1. The van der Waals surface area contributed by atoms with Gasteiger partial charge < -0.3 is 14.5 Å². The number of halogens is 2. The van der Waals surface area contributed by atoms with Gasteiger partial charge in [0.05, 0.1) is 5.56 Å². The van der Waals surface area contributed by atoms with Crippen molar-refractivity contribution in [2.24, 2.45) is 0 Å². The molecule has 0 fully saturated rings. The van der Waals surface area contributed by atoms with Crippen LogP contribution in [0.4, 0.5) is 8.78 Å². The van der Waals surface area contributed by atoms with Crippen LogP contribution in [0.3, 0.4) is 0 Å². The van der Waals surface area contributed by atoms with E-state index in [1.165, 1.54) is 24.4 Å². The van der Waals surface area contributed by atoms with Crippen LogP contribution in [0.2, 0.25) is 0 Å². The molecule has 0 aliphatic heterocycles. The quantitative estimate of drug-likeness (QED) is 0.382. The van der Waals surface area contributed by atoms with Crippen molar-refractivity contribution in [2.75, 3.05) is 0 Å². The van der Waals surface area contributed by atoms with E-state index < -0.39 is 12.5 Å². The van der Waals surface area contributed by atoms with E-state index in [2.05, 4.69) is 10.1 Å². The molecule has 8 heteroatoms. The van der Waals surface area contributed by atoms with Crippen LogP contribution in [0.1, 0.15) is 31.1 Å². The van der Waals surface area contributed by atoms with Crippen molar-refractivity contribution in [3.8, 4) is 5.75 Å². The Balaban J connectivity index is 0.00000145. The Labute approximate surface area is 166 Å². The van der Waals surface area contributed by atoms with Gasteiger partial charge in [0.2, 0.25) is 0 Å². The molecule has 154 valence electrons. The largest absolute Gasteiger partial charge is 0.452 e. The van der Waals surface area contributed by atoms with E-state index in [0.717, 1.165) is 0 Å². The molecule has 0 bridgehead atoms. The van der Waals surface area contributed by atoms with Gasteiger partial charge in [-0.1, -0.05) is 38.1 Å². The lowest BCUT2D eigenvalue weighted by Crippen LogP contribution is -2.22. The van der Waals surface area contributed by atoms with Crippen LogP contribution < -0.4 is 15.5 Å². The molecule has 0 saturated carbocycles. The van der Waals surface area contributed by atoms with E-state index in [4.69, 9.17) is 9.62 Å². The van der Waals surface area contributed by atoms with Crippen molar-refractivity contribution in [3.63, 3.8) is 0 Å². The van der Waals surface area contributed by atoms with Gasteiger partial charge >= 0.3 is 6.61 Å². The third kappa shape index (κ3) is 4.91. The summed E-state index contributed by atoms with van der Waals surface area (Å²) in [5.74, 6) is -0.616. The highest BCUT2D eigenvalue weighted by molar-refractivity contribution is 6.17. The van der Waals surface area contributed by atoms with E-state index in [-0.39, 0.29) is 16.9 Å². The summed E-state index contributed by atoms with van der Waals surface area (Å²) >= 11 is 0. The molecule has 0 aliphatic rings. The summed E-state index contributed by atoms with van der Waals surface area (Å²) in [6.07, 6.45) is 4.32. The number of carbonyl (C=O) groups excluding carboxylic acids is 1. The Morgan fingerprint density at radius 3 is 2.59 bits per heavy atom. The predicted octanol–water partition coefficient (Wildman–Crippen LogP) is 5.34. The number of hydrogen-bond donors (Lipinski definition) is 3. The van der Waals surface area contributed by atoms with E-state index >= 15 is 0 Å². The van der Waals surface area contributed by atoms with Crippen LogP contribution in [-0.2, 0) is 0 Å². The van der Waals surface area contributed by atoms with Crippen molar-refractivity contribution in [3.05, 3.63) is 66.0 Å². The van der Waals surface area contributed by atoms with Crippen LogP contribution >= 0.6 is 0 Å². The lowest BCUT2D eigenvalue weighted by Gasteiger charge is -2.09. The summed E-state index contributed by atoms with van der Waals surface area (Å²) in [6, 6.07) is 9.58. The number of rotatable bonds is 6. The number of furan rings is 1. The zero-order valence-electron chi connectivity index (χ0n) is 16.2. The Morgan fingerprint density at radius 2 is 1.93 bits per heavy atom. The van der Waals surface area contributed by atoms with Gasteiger partial charge in [0.15, 0.2) is 11.3 Å². The summed E-state index contributed by atoms with van der Waals surface area (Å²) in [5.41, 5.74) is 3.02. The number of nitrogens with one attached hydrogen (secondary N) is 2. The second kappa shape index (κ2) is 10.2. The van der Waals surface area contributed by atoms with E-state index in [0.29, 0.717) is 22.1 Å². The van der Waals surface area contributed by atoms with Gasteiger partial charge in [-0.2, -0.15) is 8.78 Å². The van der Waals surface area contributed by atoms with Gasteiger partial charge in [-0.05, 0) is 31.2 Å². The number of hydroxylamine groups is 1. The molecular formula is C21H22F2N2O4. The minimum absolute atomic E-state index is 0.0683. The maximum absolute atomic E-state index is 12.8. The Bertz CT molecular complexity index is 1040. The SMILES string of the molecule is C/C=C(\C=C/NO)NC(=O)c1ccc(OC(F)F)c2oc3ccccc3c12.CC. The highest BCUT2D eigenvalue weighted by Crippen LogP contribution is 2.37. The predicted molar refractivity (Wildman–Crippen MR) is 107 cm³/mol. The summed E-state index contributed by atoms with van der Waals surface area (Å²) in [5, 5.41) is 12.3. The van der Waals surface area contributed by atoms with Crippen molar-refractivity contribution in [2.45, 2.75) is 27.4 Å². The fourth-order valence-corrected chi connectivity index (χ4v) is 2.72. The van der Waals surface area contributed by atoms with Crippen LogP contribution in [0.25, 0.3) is 21.9 Å². The maximum atomic E-state index is 12.8. The Kier molecular flexibility index (Phi) is 7.73. The standard InChI is InChI=1S/C19H16F2N2O4.C2H6/c1-2-11(9-10-22-25)23-18(24)13-7-8-15(27-19(20)21)17-16(13)12-5-3-4-6-14(12)26-17;1-2/h2-10,19,22,25H,1H3,(H,23,24);1-2H3/b10-9-,11-2+;. The topological polar surface area (TPSA) is 83.7 Å². The first-order chi connectivity index (χ1) is 14.0. The minimum atomic E-state index is -3.02. The highest BCUT2D eigenvalue weighted by atomic mass is 19.3. The van der Waals surface area contributed by atoms with Crippen LogP contribution in [0, 0.1) is 0 Å². The molecule has 1 heterocycles. The summed E-state index contributed by atoms with van der Waals surface area (Å²) in [4.78, 5) is 12.8. The Morgan fingerprint density at radius 1 is 1.21 bits per heavy atom. The molecule has 0 saturated heterocycles. The molecule has 6 nitrogen and oxygen atoms in total. The monoisotopic (exact) mass is 404 g/mol. The second-order valence-corrected chi connectivity index (χ2v) is 5.45. The summed E-state index contributed by atoms with van der Waals surface area (Å²) in [6.45, 7) is 2.69. The van der Waals surface area contributed by atoms with Gasteiger partial charge in [0.1, 0.15) is 5.58 Å². The van der Waals surface area contributed by atoms with E-state index in [1.807, 2.05) is 19.3 Å². The molecule has 0 radical (unpaired) electrons. The molecule has 3 N–H and O–H groups in total. The van der Waals surface area contributed by atoms with E-state index in [1.54, 1.807) is 37.3 Å². The number of allylic oxidation sites excluding steroid dienone is 2. The van der Waals surface area contributed by atoms with Gasteiger partial charge in [-0.15, -0.1) is 0 Å². The summed E-state index contributed by atoms with van der Waals surface area (Å²) in [7, 11) is 0. The van der Waals surface area contributed by atoms with Crippen molar-refractivity contribution in [1.29, 1.82) is 0 Å². The zero-order valence-corrected chi connectivity index (χ0v) is 16.2. The van der Waals surface area contributed by atoms with Gasteiger partial charge in [-0.25, -0.2) is 0 Å². The number of para-hydroxylation sites is 1. The molecule has 3 rings (SSSR count). The highest BCUT2D eigenvalue weighted by Gasteiger charge is 2.21. The molecule has 0 atom stereocenters. The van der Waals surface area contributed by atoms with Crippen LogP contribution in [-0.4, -0.2) is 17.7 Å². The second-order valence-electron chi connectivity index (χ2n) is 5.45. The molecule has 0 unspecified atom stereocenters. The number of benzene rings is 2. The number of alkyl halides is 2. The minimum Gasteiger partial charge on any atom is -0.452 e. The number of amides is 1. The third-order valence-corrected chi connectivity index (χ3v) is 3.86. The maximum Gasteiger partial charge on any atom is 0.387 e. The zero-order chi connectivity index (χ0) is 21.4. The van der Waals surface area contributed by atoms with Crippen molar-refractivity contribution in [1.82, 2.24) is 10.8 Å². The first kappa shape index (κ1) is 21.9. The molecule has 1 aromatic heterocycles.